The van der Waals surface area contributed by atoms with Crippen molar-refractivity contribution in [3.8, 4) is 0 Å². The minimum absolute atomic E-state index is 0.0634. The summed E-state index contributed by atoms with van der Waals surface area (Å²) in [7, 11) is 0. The number of halogens is 1. The van der Waals surface area contributed by atoms with E-state index >= 15 is 0 Å². The number of hydrogen-bond donors (Lipinski definition) is 2. The number of rotatable bonds is 6. The molecule has 5 heteroatoms. The number of benzene rings is 1. The number of thioether (sulfide) groups is 1. The molecular formula is C13H19BrN2OS. The van der Waals surface area contributed by atoms with Crippen LogP contribution in [0.2, 0.25) is 0 Å². The summed E-state index contributed by atoms with van der Waals surface area (Å²) in [6.45, 7) is 5.38. The Labute approximate surface area is 121 Å². The van der Waals surface area contributed by atoms with Gasteiger partial charge in [0.2, 0.25) is 5.91 Å². The molecular weight excluding hydrogens is 312 g/mol. The molecule has 1 aromatic rings. The van der Waals surface area contributed by atoms with Gasteiger partial charge < -0.3 is 11.1 Å². The first-order valence-electron chi connectivity index (χ1n) is 5.91. The van der Waals surface area contributed by atoms with Crippen molar-refractivity contribution in [2.45, 2.75) is 25.2 Å². The molecule has 18 heavy (non-hydrogen) atoms. The van der Waals surface area contributed by atoms with Crippen LogP contribution in [0.4, 0.5) is 0 Å². The number of carbonyl (C=O) groups is 1. The van der Waals surface area contributed by atoms with E-state index in [9.17, 15) is 4.79 Å². The summed E-state index contributed by atoms with van der Waals surface area (Å²) < 4.78 is 1.11. The highest BCUT2D eigenvalue weighted by atomic mass is 79.9. The molecule has 3 N–H and O–H groups in total. The van der Waals surface area contributed by atoms with E-state index in [1.807, 2.05) is 0 Å². The van der Waals surface area contributed by atoms with Gasteiger partial charge in [-0.25, -0.2) is 0 Å². The first kappa shape index (κ1) is 15.5. The van der Waals surface area contributed by atoms with Crippen LogP contribution in [0.15, 0.2) is 21.5 Å². The van der Waals surface area contributed by atoms with E-state index in [0.29, 0.717) is 18.8 Å². The standard InChI is InChI=1S/C13H19BrN2OS/c1-9-7-12(10(2)6-11(9)14)18-8-13(17)16-5-3-4-15/h6-7H,3-5,8,15H2,1-2H3,(H,16,17). The minimum Gasteiger partial charge on any atom is -0.355 e. The maximum atomic E-state index is 11.6. The van der Waals surface area contributed by atoms with Crippen molar-refractivity contribution < 1.29 is 4.79 Å². The molecule has 0 atom stereocenters. The molecule has 0 saturated carbocycles. The van der Waals surface area contributed by atoms with Gasteiger partial charge >= 0.3 is 0 Å². The van der Waals surface area contributed by atoms with Gasteiger partial charge in [-0.1, -0.05) is 15.9 Å². The van der Waals surface area contributed by atoms with Crippen molar-refractivity contribution in [3.05, 3.63) is 27.7 Å². The summed E-state index contributed by atoms with van der Waals surface area (Å²) in [6.07, 6.45) is 0.826. The summed E-state index contributed by atoms with van der Waals surface area (Å²) >= 11 is 5.07. The van der Waals surface area contributed by atoms with Gasteiger partial charge in [-0.05, 0) is 50.1 Å². The number of hydrogen-bond acceptors (Lipinski definition) is 3. The van der Waals surface area contributed by atoms with Crippen molar-refractivity contribution >= 4 is 33.6 Å². The van der Waals surface area contributed by atoms with E-state index in [-0.39, 0.29) is 5.91 Å². The van der Waals surface area contributed by atoms with Crippen LogP contribution in [-0.4, -0.2) is 24.7 Å². The molecule has 1 rings (SSSR count). The van der Waals surface area contributed by atoms with Crippen molar-refractivity contribution in [2.24, 2.45) is 5.73 Å². The van der Waals surface area contributed by atoms with Crippen LogP contribution >= 0.6 is 27.7 Å². The predicted octanol–water partition coefficient (Wildman–Crippen LogP) is 2.62. The summed E-state index contributed by atoms with van der Waals surface area (Å²) in [5.41, 5.74) is 7.74. The lowest BCUT2D eigenvalue weighted by atomic mass is 10.2. The van der Waals surface area contributed by atoms with E-state index in [4.69, 9.17) is 5.73 Å². The fourth-order valence-electron chi connectivity index (χ4n) is 1.43. The van der Waals surface area contributed by atoms with Crippen LogP contribution in [0.5, 0.6) is 0 Å². The predicted molar refractivity (Wildman–Crippen MR) is 81.0 cm³/mol. The molecule has 0 radical (unpaired) electrons. The normalized spacial score (nSPS) is 10.4. The Hall–Kier alpha value is -0.520. The molecule has 0 aliphatic rings. The Kier molecular flexibility index (Phi) is 6.75. The molecule has 0 heterocycles. The molecule has 0 saturated heterocycles. The summed E-state index contributed by atoms with van der Waals surface area (Å²) in [5.74, 6) is 0.514. The van der Waals surface area contributed by atoms with E-state index in [0.717, 1.165) is 15.8 Å². The molecule has 0 fully saturated rings. The molecule has 0 unspecified atom stereocenters. The first-order chi connectivity index (χ1) is 8.54. The van der Waals surface area contributed by atoms with Crippen molar-refractivity contribution in [1.82, 2.24) is 5.32 Å². The zero-order valence-electron chi connectivity index (χ0n) is 10.8. The Morgan fingerprint density at radius 3 is 2.78 bits per heavy atom. The molecule has 0 bridgehead atoms. The Morgan fingerprint density at radius 2 is 2.11 bits per heavy atom. The highest BCUT2D eigenvalue weighted by Gasteiger charge is 2.06. The third-order valence-corrected chi connectivity index (χ3v) is 4.53. The van der Waals surface area contributed by atoms with E-state index < -0.39 is 0 Å². The maximum absolute atomic E-state index is 11.6. The highest BCUT2D eigenvalue weighted by molar-refractivity contribution is 9.10. The number of nitrogens with one attached hydrogen (secondary N) is 1. The van der Waals surface area contributed by atoms with Crippen LogP contribution in [0.25, 0.3) is 0 Å². The number of aryl methyl sites for hydroxylation is 2. The zero-order chi connectivity index (χ0) is 13.5. The Balaban J connectivity index is 2.48. The number of amides is 1. The third-order valence-electron chi connectivity index (χ3n) is 2.52. The topological polar surface area (TPSA) is 55.1 Å². The summed E-state index contributed by atoms with van der Waals surface area (Å²) in [4.78, 5) is 12.7. The smallest absolute Gasteiger partial charge is 0.230 e. The summed E-state index contributed by atoms with van der Waals surface area (Å²) in [6, 6.07) is 4.20. The fourth-order valence-corrected chi connectivity index (χ4v) is 2.83. The lowest BCUT2D eigenvalue weighted by molar-refractivity contribution is -0.118. The van der Waals surface area contributed by atoms with E-state index in [2.05, 4.69) is 47.2 Å². The highest BCUT2D eigenvalue weighted by Crippen LogP contribution is 2.28. The van der Waals surface area contributed by atoms with E-state index in [1.54, 1.807) is 11.8 Å². The van der Waals surface area contributed by atoms with Crippen LogP contribution in [0.1, 0.15) is 17.5 Å². The molecule has 0 aliphatic carbocycles. The monoisotopic (exact) mass is 330 g/mol. The SMILES string of the molecule is Cc1cc(SCC(=O)NCCCN)c(C)cc1Br. The summed E-state index contributed by atoms with van der Waals surface area (Å²) in [5, 5.41) is 2.85. The second-order valence-electron chi connectivity index (χ2n) is 4.15. The quantitative estimate of drug-likeness (QED) is 0.622. The van der Waals surface area contributed by atoms with Crippen molar-refractivity contribution in [1.29, 1.82) is 0 Å². The van der Waals surface area contributed by atoms with Crippen LogP contribution in [0, 0.1) is 13.8 Å². The number of nitrogens with two attached hydrogens (primary N) is 1. The molecule has 1 amide bonds. The average Bonchev–Trinajstić information content (AvgIpc) is 2.32. The van der Waals surface area contributed by atoms with Gasteiger partial charge in [-0.15, -0.1) is 11.8 Å². The molecule has 0 spiro atoms. The molecule has 0 aliphatic heterocycles. The van der Waals surface area contributed by atoms with Gasteiger partial charge in [0.15, 0.2) is 0 Å². The average molecular weight is 331 g/mol. The van der Waals surface area contributed by atoms with Crippen LogP contribution in [0.3, 0.4) is 0 Å². The second kappa shape index (κ2) is 7.81. The van der Waals surface area contributed by atoms with Gasteiger partial charge in [0.25, 0.3) is 0 Å². The third kappa shape index (κ3) is 5.00. The second-order valence-corrected chi connectivity index (χ2v) is 6.02. The van der Waals surface area contributed by atoms with Gasteiger partial charge in [0, 0.05) is 15.9 Å². The number of carbonyl (C=O) groups excluding carboxylic acids is 1. The van der Waals surface area contributed by atoms with Crippen molar-refractivity contribution in [3.63, 3.8) is 0 Å². The van der Waals surface area contributed by atoms with Gasteiger partial charge in [-0.2, -0.15) is 0 Å². The lowest BCUT2D eigenvalue weighted by Crippen LogP contribution is -2.27. The van der Waals surface area contributed by atoms with Crippen LogP contribution < -0.4 is 11.1 Å². The van der Waals surface area contributed by atoms with Crippen LogP contribution in [-0.2, 0) is 4.79 Å². The van der Waals surface area contributed by atoms with Gasteiger partial charge in [0.1, 0.15) is 0 Å². The van der Waals surface area contributed by atoms with Gasteiger partial charge in [-0.3, -0.25) is 4.79 Å². The minimum atomic E-state index is 0.0634. The van der Waals surface area contributed by atoms with Gasteiger partial charge in [0.05, 0.1) is 5.75 Å². The maximum Gasteiger partial charge on any atom is 0.230 e. The molecule has 3 nitrogen and oxygen atoms in total. The zero-order valence-corrected chi connectivity index (χ0v) is 13.2. The molecule has 1 aromatic carbocycles. The van der Waals surface area contributed by atoms with E-state index in [1.165, 1.54) is 11.1 Å². The largest absolute Gasteiger partial charge is 0.355 e. The van der Waals surface area contributed by atoms with Crippen molar-refractivity contribution in [2.75, 3.05) is 18.8 Å². The molecule has 0 aromatic heterocycles. The fraction of sp³-hybridized carbons (Fsp3) is 0.462. The Morgan fingerprint density at radius 1 is 1.39 bits per heavy atom. The molecule has 100 valence electrons. The first-order valence-corrected chi connectivity index (χ1v) is 7.68. The lowest BCUT2D eigenvalue weighted by Gasteiger charge is -2.09. The Bertz CT molecular complexity index is 424.